The molecule has 6 aliphatic rings. The number of hydrogen-bond donors (Lipinski definition) is 2. The van der Waals surface area contributed by atoms with Gasteiger partial charge in [-0.15, -0.1) is 0 Å². The Morgan fingerprint density at radius 3 is 1.27 bits per heavy atom. The fourth-order valence-corrected chi connectivity index (χ4v) is 10.8. The molecule has 48 heavy (non-hydrogen) atoms. The number of nitrogens with zero attached hydrogens (tertiary/aromatic N) is 2. The van der Waals surface area contributed by atoms with Crippen molar-refractivity contribution in [3.8, 4) is 0 Å². The smallest absolute Gasteiger partial charge is 0.0728 e. The van der Waals surface area contributed by atoms with Gasteiger partial charge in [-0.2, -0.15) is 0 Å². The highest BCUT2D eigenvalue weighted by atomic mass is 14.8. The van der Waals surface area contributed by atoms with Crippen LogP contribution in [0.5, 0.6) is 0 Å². The van der Waals surface area contributed by atoms with Crippen molar-refractivity contribution in [1.29, 1.82) is 0 Å². The van der Waals surface area contributed by atoms with Gasteiger partial charge in [0, 0.05) is 38.8 Å². The zero-order valence-electron chi connectivity index (χ0n) is 30.7. The van der Waals surface area contributed by atoms with Crippen LogP contribution in [0.25, 0.3) is 44.4 Å². The highest BCUT2D eigenvalue weighted by Crippen LogP contribution is 2.51. The van der Waals surface area contributed by atoms with Crippen molar-refractivity contribution in [2.45, 2.75) is 144 Å². The van der Waals surface area contributed by atoms with E-state index in [1.165, 1.54) is 115 Å². The lowest BCUT2D eigenvalue weighted by Gasteiger charge is -2.21. The molecule has 0 amide bonds. The van der Waals surface area contributed by atoms with Crippen LogP contribution >= 0.6 is 0 Å². The van der Waals surface area contributed by atoms with Crippen molar-refractivity contribution in [3.63, 3.8) is 0 Å². The van der Waals surface area contributed by atoms with Crippen LogP contribution in [-0.4, -0.2) is 19.9 Å². The Morgan fingerprint density at radius 1 is 0.375 bits per heavy atom. The van der Waals surface area contributed by atoms with Gasteiger partial charge in [-0.05, 0) is 151 Å². The molecule has 0 atom stereocenters. The van der Waals surface area contributed by atoms with Crippen LogP contribution in [0.2, 0.25) is 0 Å². The summed E-state index contributed by atoms with van der Waals surface area (Å²) in [6.07, 6.45) is 13.7. The van der Waals surface area contributed by atoms with Crippen LogP contribution in [0.3, 0.4) is 0 Å². The summed E-state index contributed by atoms with van der Waals surface area (Å²) in [7, 11) is 0. The maximum absolute atomic E-state index is 5.78. The summed E-state index contributed by atoms with van der Waals surface area (Å²) in [5.74, 6) is 1.77. The molecule has 3 aromatic heterocycles. The van der Waals surface area contributed by atoms with Crippen molar-refractivity contribution >= 4 is 44.4 Å². The number of hydrogen-bond acceptors (Lipinski definition) is 2. The van der Waals surface area contributed by atoms with E-state index < -0.39 is 0 Å². The number of fused-ring (bicyclic) bond motifs is 8. The minimum absolute atomic E-state index is 0.428. The first-order valence-corrected chi connectivity index (χ1v) is 19.5. The molecule has 4 aliphatic carbocycles. The lowest BCUT2D eigenvalue weighted by molar-refractivity contribution is 0.770. The topological polar surface area (TPSA) is 57.4 Å². The van der Waals surface area contributed by atoms with Crippen molar-refractivity contribution in [2.24, 2.45) is 11.8 Å². The molecule has 250 valence electrons. The van der Waals surface area contributed by atoms with E-state index in [0.29, 0.717) is 23.7 Å². The number of H-pyrrole nitrogens is 2. The second-order valence-corrected chi connectivity index (χ2v) is 16.9. The Bertz CT molecular complexity index is 2140. The highest BCUT2D eigenvalue weighted by molar-refractivity contribution is 6.01. The third-order valence-corrected chi connectivity index (χ3v) is 12.5. The van der Waals surface area contributed by atoms with Crippen LogP contribution in [-0.2, 0) is 38.5 Å². The zero-order chi connectivity index (χ0) is 33.2. The van der Waals surface area contributed by atoms with Crippen LogP contribution in [0.4, 0.5) is 0 Å². The van der Waals surface area contributed by atoms with E-state index in [4.69, 9.17) is 9.97 Å². The Balaban J connectivity index is 1.57. The molecular weight excluding hydrogens is 585 g/mol. The molecule has 2 aliphatic heterocycles. The Hall–Kier alpha value is -3.40. The molecule has 5 heterocycles. The van der Waals surface area contributed by atoms with Gasteiger partial charge in [0.2, 0.25) is 0 Å². The minimum Gasteiger partial charge on any atom is -0.354 e. The lowest BCUT2D eigenvalue weighted by atomic mass is 9.81. The van der Waals surface area contributed by atoms with Gasteiger partial charge >= 0.3 is 0 Å². The van der Waals surface area contributed by atoms with Crippen molar-refractivity contribution in [1.82, 2.24) is 19.9 Å². The second kappa shape index (κ2) is 11.1. The molecule has 0 aromatic carbocycles. The predicted molar refractivity (Wildman–Crippen MR) is 202 cm³/mol. The number of allylic oxidation sites excluding steroid dienone is 4. The normalized spacial score (nSPS) is 18.4. The number of aryl methyl sites for hydroxylation is 5. The summed E-state index contributed by atoms with van der Waals surface area (Å²) in [5, 5.41) is 0. The molecule has 0 fully saturated rings. The van der Waals surface area contributed by atoms with Crippen molar-refractivity contribution in [3.05, 3.63) is 67.3 Å². The average Bonchev–Trinajstić information content (AvgIpc) is 3.82. The van der Waals surface area contributed by atoms with Gasteiger partial charge in [0.15, 0.2) is 0 Å². The van der Waals surface area contributed by atoms with E-state index in [2.05, 4.69) is 65.4 Å². The summed E-state index contributed by atoms with van der Waals surface area (Å²) < 4.78 is 0. The first-order valence-electron chi connectivity index (χ1n) is 19.5. The molecule has 0 spiro atoms. The quantitative estimate of drug-likeness (QED) is 0.299. The summed E-state index contributed by atoms with van der Waals surface area (Å²) in [6, 6.07) is 0. The van der Waals surface area contributed by atoms with E-state index in [9.17, 15) is 0 Å². The predicted octanol–water partition coefficient (Wildman–Crippen LogP) is 11.3. The molecule has 0 radical (unpaired) electrons. The molecule has 3 aromatic rings. The average molecular weight is 639 g/mol. The maximum atomic E-state index is 5.78. The van der Waals surface area contributed by atoms with E-state index in [-0.39, 0.29) is 0 Å². The molecular formula is C44H54N4. The number of rotatable bonds is 4. The monoisotopic (exact) mass is 638 g/mol. The van der Waals surface area contributed by atoms with E-state index >= 15 is 0 Å². The fourth-order valence-electron chi connectivity index (χ4n) is 10.8. The van der Waals surface area contributed by atoms with E-state index in [1.54, 1.807) is 22.3 Å². The van der Waals surface area contributed by atoms with Gasteiger partial charge in [-0.25, -0.2) is 9.97 Å². The summed E-state index contributed by atoms with van der Waals surface area (Å²) in [6.45, 7) is 19.2. The lowest BCUT2D eigenvalue weighted by Crippen LogP contribution is -2.07. The number of aromatic nitrogens is 4. The van der Waals surface area contributed by atoms with Crippen LogP contribution in [0.1, 0.15) is 173 Å². The fraction of sp³-hybridized carbons (Fsp3) is 0.545. The zero-order valence-corrected chi connectivity index (χ0v) is 30.7. The van der Waals surface area contributed by atoms with Crippen molar-refractivity contribution in [2.75, 3.05) is 0 Å². The Labute approximate surface area is 287 Å². The first kappa shape index (κ1) is 30.6. The minimum atomic E-state index is 0.428. The Morgan fingerprint density at radius 2 is 0.750 bits per heavy atom. The van der Waals surface area contributed by atoms with Gasteiger partial charge in [-0.3, -0.25) is 0 Å². The molecule has 0 saturated heterocycles. The van der Waals surface area contributed by atoms with Crippen LogP contribution in [0.15, 0.2) is 0 Å². The van der Waals surface area contributed by atoms with Crippen LogP contribution in [0, 0.1) is 11.8 Å². The summed E-state index contributed by atoms with van der Waals surface area (Å²) in [4.78, 5) is 20.0. The first-order chi connectivity index (χ1) is 23.2. The molecule has 0 unspecified atom stereocenters. The Kier molecular flexibility index (Phi) is 7.06. The third kappa shape index (κ3) is 4.19. The van der Waals surface area contributed by atoms with E-state index in [1.807, 2.05) is 0 Å². The van der Waals surface area contributed by atoms with Crippen LogP contribution < -0.4 is 0 Å². The summed E-state index contributed by atoms with van der Waals surface area (Å²) in [5.41, 5.74) is 28.9. The largest absolute Gasteiger partial charge is 0.354 e. The molecule has 4 heteroatoms. The maximum Gasteiger partial charge on any atom is 0.0728 e. The molecule has 8 bridgehead atoms. The van der Waals surface area contributed by atoms with Gasteiger partial charge in [0.1, 0.15) is 0 Å². The number of nitrogens with one attached hydrogen (secondary N) is 2. The standard InChI is InChI=1S/C44H54N4/c1-21(2)33-25-13-9-18-30-37(25)45-41(33)29-17-10-14-26-34(22(3)4)43(46-38(26)29)31-19-12-16-28-36(24(7)8)44(48-40(28)31)32-20-11-15-27-35(23(5)6)42(30)47-39(27)32/h21-24,45-46H,9-20H2,1-8H3. The second-order valence-electron chi connectivity index (χ2n) is 16.9. The van der Waals surface area contributed by atoms with Crippen molar-refractivity contribution < 1.29 is 0 Å². The summed E-state index contributed by atoms with van der Waals surface area (Å²) >= 11 is 0. The molecule has 9 rings (SSSR count). The molecule has 2 N–H and O–H groups in total. The molecule has 4 nitrogen and oxygen atoms in total. The van der Waals surface area contributed by atoms with Gasteiger partial charge < -0.3 is 9.97 Å². The number of aromatic amines is 2. The van der Waals surface area contributed by atoms with Gasteiger partial charge in [0.05, 0.1) is 22.8 Å². The molecule has 0 saturated carbocycles. The SMILES string of the molecule is CC(C)C1=C2CCCc3c2nc1c1c2nc(c4c5[nH]c(c(C(C)C)c5CCC4)c4c5[nH]c3c(C(C)C)c5CCC4)C(C(C)C)=C2CCC1. The van der Waals surface area contributed by atoms with Gasteiger partial charge in [0.25, 0.3) is 0 Å². The van der Waals surface area contributed by atoms with Gasteiger partial charge in [-0.1, -0.05) is 55.4 Å². The highest BCUT2D eigenvalue weighted by Gasteiger charge is 2.36. The third-order valence-electron chi connectivity index (χ3n) is 12.5. The van der Waals surface area contributed by atoms with E-state index in [0.717, 1.165) is 51.4 Å².